The molecule has 1 amide bonds. The summed E-state index contributed by atoms with van der Waals surface area (Å²) >= 11 is 1.44. The van der Waals surface area contributed by atoms with E-state index in [1.54, 1.807) is 24.4 Å². The molecule has 3 rings (SSSR count). The summed E-state index contributed by atoms with van der Waals surface area (Å²) in [5, 5.41) is 5.34. The third kappa shape index (κ3) is 3.80. The Morgan fingerprint density at radius 2 is 2.04 bits per heavy atom. The molecular formula is C17H15FN4O2S. The summed E-state index contributed by atoms with van der Waals surface area (Å²) in [6.45, 7) is 3.60. The number of carbonyl (C=O) groups is 1. The minimum atomic E-state index is -0.549. The van der Waals surface area contributed by atoms with Gasteiger partial charge in [0.05, 0.1) is 11.0 Å². The lowest BCUT2D eigenvalue weighted by Gasteiger charge is -2.14. The average molecular weight is 358 g/mol. The normalized spacial score (nSPS) is 12.0. The molecule has 0 aliphatic carbocycles. The van der Waals surface area contributed by atoms with Crippen LogP contribution in [0.25, 0.3) is 11.5 Å². The van der Waals surface area contributed by atoms with Gasteiger partial charge in [0.1, 0.15) is 17.1 Å². The Labute approximate surface area is 146 Å². The van der Waals surface area contributed by atoms with Crippen LogP contribution in [0.4, 0.5) is 4.39 Å². The van der Waals surface area contributed by atoms with E-state index in [0.717, 1.165) is 10.6 Å². The maximum absolute atomic E-state index is 13.0. The molecule has 6 nitrogen and oxygen atoms in total. The van der Waals surface area contributed by atoms with E-state index in [1.165, 1.54) is 29.7 Å². The number of H-pyrrole nitrogens is 1. The molecule has 1 aromatic carbocycles. The molecule has 0 saturated carbocycles. The van der Waals surface area contributed by atoms with Gasteiger partial charge in [0.2, 0.25) is 0 Å². The Kier molecular flexibility index (Phi) is 4.71. The van der Waals surface area contributed by atoms with Gasteiger partial charge < -0.3 is 10.3 Å². The van der Waals surface area contributed by atoms with Crippen molar-refractivity contribution >= 4 is 17.2 Å². The molecule has 2 aromatic heterocycles. The van der Waals surface area contributed by atoms with Crippen LogP contribution in [0, 0.1) is 12.7 Å². The predicted octanol–water partition coefficient (Wildman–Crippen LogP) is 2.83. The van der Waals surface area contributed by atoms with E-state index in [1.807, 2.05) is 6.92 Å². The van der Waals surface area contributed by atoms with E-state index in [0.29, 0.717) is 11.5 Å². The Morgan fingerprint density at radius 3 is 2.64 bits per heavy atom. The zero-order chi connectivity index (χ0) is 18.0. The fraction of sp³-hybridized carbons (Fsp3) is 0.176. The van der Waals surface area contributed by atoms with Crippen LogP contribution in [0.3, 0.4) is 0 Å². The van der Waals surface area contributed by atoms with Crippen LogP contribution in [-0.4, -0.2) is 20.9 Å². The second-order valence-electron chi connectivity index (χ2n) is 5.47. The first-order valence-corrected chi connectivity index (χ1v) is 8.40. The first kappa shape index (κ1) is 17.0. The van der Waals surface area contributed by atoms with E-state index >= 15 is 0 Å². The molecule has 8 heteroatoms. The summed E-state index contributed by atoms with van der Waals surface area (Å²) in [7, 11) is 0. The van der Waals surface area contributed by atoms with Gasteiger partial charge in [-0.3, -0.25) is 9.59 Å². The number of aryl methyl sites for hydroxylation is 1. The monoisotopic (exact) mass is 358 g/mol. The number of aromatic nitrogens is 3. The van der Waals surface area contributed by atoms with Crippen LogP contribution >= 0.6 is 11.3 Å². The molecule has 2 N–H and O–H groups in total. The topological polar surface area (TPSA) is 87.7 Å². The van der Waals surface area contributed by atoms with Gasteiger partial charge in [-0.1, -0.05) is 12.1 Å². The van der Waals surface area contributed by atoms with Gasteiger partial charge >= 0.3 is 0 Å². The third-order valence-electron chi connectivity index (χ3n) is 3.62. The van der Waals surface area contributed by atoms with Gasteiger partial charge in [-0.2, -0.15) is 0 Å². The molecule has 2 heterocycles. The lowest BCUT2D eigenvalue weighted by molar-refractivity contribution is 0.0938. The predicted molar refractivity (Wildman–Crippen MR) is 93.0 cm³/mol. The Hall–Kier alpha value is -2.87. The molecule has 0 aliphatic rings. The minimum Gasteiger partial charge on any atom is -0.345 e. The van der Waals surface area contributed by atoms with E-state index in [9.17, 15) is 14.0 Å². The summed E-state index contributed by atoms with van der Waals surface area (Å²) in [5.41, 5.74) is 0.657. The number of amides is 1. The van der Waals surface area contributed by atoms with Crippen LogP contribution < -0.4 is 10.9 Å². The number of aromatic amines is 1. The number of thiazole rings is 1. The third-order valence-corrected chi connectivity index (χ3v) is 4.40. The number of carbonyl (C=O) groups excluding carboxylic acids is 1. The SMILES string of the molecule is Cc1nc(-c2ncc(C(=O)N[C@H](C)c3ccc(F)cc3)c(=O)[nH]2)cs1. The molecule has 25 heavy (non-hydrogen) atoms. The van der Waals surface area contributed by atoms with Gasteiger partial charge in [0.15, 0.2) is 5.82 Å². The summed E-state index contributed by atoms with van der Waals surface area (Å²) in [6.07, 6.45) is 1.23. The highest BCUT2D eigenvalue weighted by molar-refractivity contribution is 7.09. The molecule has 0 spiro atoms. The number of benzene rings is 1. The number of nitrogens with zero attached hydrogens (tertiary/aromatic N) is 2. The smallest absolute Gasteiger partial charge is 0.264 e. The minimum absolute atomic E-state index is 0.0929. The van der Waals surface area contributed by atoms with E-state index in [4.69, 9.17) is 0 Å². The second kappa shape index (κ2) is 6.94. The van der Waals surface area contributed by atoms with Crippen LogP contribution in [0.5, 0.6) is 0 Å². The molecule has 1 atom stereocenters. The molecule has 128 valence electrons. The first-order valence-electron chi connectivity index (χ1n) is 7.52. The molecule has 0 saturated heterocycles. The van der Waals surface area contributed by atoms with Gasteiger partial charge in [0, 0.05) is 11.6 Å². The standard InChI is InChI=1S/C17H15FN4O2S/c1-9(11-3-5-12(18)6-4-11)20-16(23)13-7-19-15(22-17(13)24)14-8-25-10(2)21-14/h3-9H,1-2H3,(H,20,23)(H,19,22,24)/t9-/m1/s1. The van der Waals surface area contributed by atoms with Crippen LogP contribution in [0.2, 0.25) is 0 Å². The fourth-order valence-corrected chi connectivity index (χ4v) is 2.87. The lowest BCUT2D eigenvalue weighted by Crippen LogP contribution is -2.32. The summed E-state index contributed by atoms with van der Waals surface area (Å²) in [5.74, 6) is -0.583. The Morgan fingerprint density at radius 1 is 1.32 bits per heavy atom. The van der Waals surface area contributed by atoms with Crippen LogP contribution in [0.15, 0.2) is 40.6 Å². The van der Waals surface area contributed by atoms with Crippen molar-refractivity contribution in [2.75, 3.05) is 0 Å². The summed E-state index contributed by atoms with van der Waals surface area (Å²) in [6, 6.07) is 5.41. The lowest BCUT2D eigenvalue weighted by atomic mass is 10.1. The zero-order valence-corrected chi connectivity index (χ0v) is 14.4. The van der Waals surface area contributed by atoms with E-state index in [-0.39, 0.29) is 17.4 Å². The van der Waals surface area contributed by atoms with Crippen molar-refractivity contribution in [2.24, 2.45) is 0 Å². The molecular weight excluding hydrogens is 343 g/mol. The average Bonchev–Trinajstić information content (AvgIpc) is 3.01. The summed E-state index contributed by atoms with van der Waals surface area (Å²) in [4.78, 5) is 35.4. The van der Waals surface area contributed by atoms with E-state index < -0.39 is 11.5 Å². The number of rotatable bonds is 4. The molecule has 0 unspecified atom stereocenters. The Balaban J connectivity index is 1.78. The highest BCUT2D eigenvalue weighted by Gasteiger charge is 2.16. The van der Waals surface area contributed by atoms with Crippen LogP contribution in [0.1, 0.15) is 33.9 Å². The largest absolute Gasteiger partial charge is 0.345 e. The van der Waals surface area contributed by atoms with Gasteiger partial charge in [-0.15, -0.1) is 11.3 Å². The number of hydrogen-bond acceptors (Lipinski definition) is 5. The molecule has 0 bridgehead atoms. The second-order valence-corrected chi connectivity index (χ2v) is 6.54. The van der Waals surface area contributed by atoms with Crippen LogP contribution in [-0.2, 0) is 0 Å². The van der Waals surface area contributed by atoms with Crippen molar-refractivity contribution < 1.29 is 9.18 Å². The van der Waals surface area contributed by atoms with Gasteiger partial charge in [-0.05, 0) is 31.5 Å². The maximum atomic E-state index is 13.0. The van der Waals surface area contributed by atoms with Crippen molar-refractivity contribution in [3.8, 4) is 11.5 Å². The molecule has 0 fully saturated rings. The maximum Gasteiger partial charge on any atom is 0.264 e. The number of hydrogen-bond donors (Lipinski definition) is 2. The van der Waals surface area contributed by atoms with Crippen molar-refractivity contribution in [1.29, 1.82) is 0 Å². The van der Waals surface area contributed by atoms with Crippen molar-refractivity contribution in [1.82, 2.24) is 20.3 Å². The zero-order valence-electron chi connectivity index (χ0n) is 13.5. The van der Waals surface area contributed by atoms with Crippen molar-refractivity contribution in [3.05, 3.63) is 68.1 Å². The van der Waals surface area contributed by atoms with Gasteiger partial charge in [0.25, 0.3) is 11.5 Å². The first-order chi connectivity index (χ1) is 11.9. The van der Waals surface area contributed by atoms with E-state index in [2.05, 4.69) is 20.3 Å². The summed E-state index contributed by atoms with van der Waals surface area (Å²) < 4.78 is 13.0. The number of halogens is 1. The fourth-order valence-electron chi connectivity index (χ4n) is 2.27. The van der Waals surface area contributed by atoms with Crippen molar-refractivity contribution in [2.45, 2.75) is 19.9 Å². The highest BCUT2D eigenvalue weighted by Crippen LogP contribution is 2.17. The van der Waals surface area contributed by atoms with Gasteiger partial charge in [-0.25, -0.2) is 14.4 Å². The quantitative estimate of drug-likeness (QED) is 0.751. The number of nitrogens with one attached hydrogen (secondary N) is 2. The highest BCUT2D eigenvalue weighted by atomic mass is 32.1. The molecule has 0 aliphatic heterocycles. The Bertz CT molecular complexity index is 965. The molecule has 0 radical (unpaired) electrons. The molecule has 3 aromatic rings. The van der Waals surface area contributed by atoms with Crippen molar-refractivity contribution in [3.63, 3.8) is 0 Å².